The minimum Gasteiger partial charge on any atom is -0.409 e. The number of hydrogen-bond acceptors (Lipinski definition) is 3. The van der Waals surface area contributed by atoms with Gasteiger partial charge < -0.3 is 15.7 Å². The smallest absolute Gasteiger partial charge is 0.170 e. The van der Waals surface area contributed by atoms with E-state index in [0.29, 0.717) is 12.2 Å². The van der Waals surface area contributed by atoms with E-state index in [1.807, 2.05) is 31.2 Å². The second-order valence-electron chi connectivity index (χ2n) is 3.71. The molecule has 1 rings (SSSR count). The fourth-order valence-electron chi connectivity index (χ4n) is 1.19. The van der Waals surface area contributed by atoms with Gasteiger partial charge in [-0.25, -0.2) is 0 Å². The Labute approximate surface area is 95.7 Å². The third kappa shape index (κ3) is 3.55. The van der Waals surface area contributed by atoms with Crippen molar-refractivity contribution in [2.45, 2.75) is 33.0 Å². The number of nitrogens with two attached hydrogens (primary N) is 1. The summed E-state index contributed by atoms with van der Waals surface area (Å²) in [7, 11) is 0. The van der Waals surface area contributed by atoms with E-state index >= 15 is 0 Å². The molecule has 16 heavy (non-hydrogen) atoms. The Hall–Kier alpha value is -1.55. The predicted octanol–water partition coefficient (Wildman–Crippen LogP) is 2.10. The van der Waals surface area contributed by atoms with Gasteiger partial charge in [-0.15, -0.1) is 0 Å². The third-order valence-corrected chi connectivity index (χ3v) is 2.47. The van der Waals surface area contributed by atoms with Crippen LogP contribution in [0.3, 0.4) is 0 Å². The van der Waals surface area contributed by atoms with Gasteiger partial charge in [0.2, 0.25) is 0 Å². The summed E-state index contributed by atoms with van der Waals surface area (Å²) in [6.07, 6.45) is 1.27. The second kappa shape index (κ2) is 6.12. The number of benzene rings is 1. The van der Waals surface area contributed by atoms with Crippen molar-refractivity contribution in [3.8, 4) is 0 Å². The summed E-state index contributed by atoms with van der Waals surface area (Å²) in [6.45, 7) is 4.72. The first-order valence-electron chi connectivity index (χ1n) is 5.35. The molecule has 0 saturated carbocycles. The average molecular weight is 222 g/mol. The summed E-state index contributed by atoms with van der Waals surface area (Å²) in [4.78, 5) is 0. The molecule has 0 saturated heterocycles. The van der Waals surface area contributed by atoms with E-state index in [4.69, 9.17) is 15.7 Å². The Morgan fingerprint density at radius 1 is 1.44 bits per heavy atom. The van der Waals surface area contributed by atoms with Gasteiger partial charge in [0.05, 0.1) is 12.7 Å². The zero-order valence-electron chi connectivity index (χ0n) is 9.68. The lowest BCUT2D eigenvalue weighted by molar-refractivity contribution is 0.0508. The molecule has 0 heterocycles. The van der Waals surface area contributed by atoms with Gasteiger partial charge in [0.25, 0.3) is 0 Å². The van der Waals surface area contributed by atoms with Crippen molar-refractivity contribution in [3.05, 3.63) is 35.4 Å². The van der Waals surface area contributed by atoms with Gasteiger partial charge in [-0.3, -0.25) is 0 Å². The summed E-state index contributed by atoms with van der Waals surface area (Å²) in [6, 6.07) is 7.44. The van der Waals surface area contributed by atoms with Crippen LogP contribution in [0.1, 0.15) is 31.4 Å². The topological polar surface area (TPSA) is 67.8 Å². The normalized spacial score (nSPS) is 13.8. The van der Waals surface area contributed by atoms with Gasteiger partial charge in [0, 0.05) is 5.56 Å². The molecule has 0 bridgehead atoms. The zero-order chi connectivity index (χ0) is 12.0. The van der Waals surface area contributed by atoms with Crippen LogP contribution >= 0.6 is 0 Å². The molecule has 88 valence electrons. The Balaban J connectivity index is 2.58. The van der Waals surface area contributed by atoms with E-state index in [9.17, 15) is 0 Å². The molecule has 1 atom stereocenters. The minimum absolute atomic E-state index is 0.120. The summed E-state index contributed by atoms with van der Waals surface area (Å²) in [5.74, 6) is 0.120. The maximum absolute atomic E-state index is 8.50. The molecule has 1 unspecified atom stereocenters. The minimum atomic E-state index is 0.120. The van der Waals surface area contributed by atoms with Crippen molar-refractivity contribution < 1.29 is 9.94 Å². The Bertz CT molecular complexity index is 347. The fraction of sp³-hybridized carbons (Fsp3) is 0.417. The van der Waals surface area contributed by atoms with Crippen LogP contribution in [0.15, 0.2) is 29.4 Å². The van der Waals surface area contributed by atoms with Gasteiger partial charge in [-0.05, 0) is 18.9 Å². The number of ether oxygens (including phenoxy) is 1. The summed E-state index contributed by atoms with van der Waals surface area (Å²) < 4.78 is 5.59. The molecule has 0 aliphatic rings. The van der Waals surface area contributed by atoms with Gasteiger partial charge in [-0.1, -0.05) is 36.3 Å². The number of amidine groups is 1. The first-order chi connectivity index (χ1) is 7.67. The molecule has 1 aromatic rings. The maximum atomic E-state index is 8.50. The lowest BCUT2D eigenvalue weighted by Gasteiger charge is -2.10. The largest absolute Gasteiger partial charge is 0.409 e. The van der Waals surface area contributed by atoms with Crippen LogP contribution < -0.4 is 5.73 Å². The van der Waals surface area contributed by atoms with Crippen LogP contribution in [0.25, 0.3) is 0 Å². The lowest BCUT2D eigenvalue weighted by atomic mass is 10.1. The van der Waals surface area contributed by atoms with Crippen molar-refractivity contribution in [1.29, 1.82) is 0 Å². The van der Waals surface area contributed by atoms with Crippen LogP contribution in [0.4, 0.5) is 0 Å². The number of nitrogens with zero attached hydrogens (tertiary/aromatic N) is 1. The molecule has 0 aliphatic heterocycles. The number of hydrogen-bond donors (Lipinski definition) is 2. The standard InChI is InChI=1S/C12H18N2O2/c1-3-9(2)16-8-10-4-6-11(7-5-10)12(13)14-15/h4-7,9,15H,3,8H2,1-2H3,(H2,13,14). The third-order valence-electron chi connectivity index (χ3n) is 2.47. The maximum Gasteiger partial charge on any atom is 0.170 e. The first kappa shape index (κ1) is 12.5. The Morgan fingerprint density at radius 3 is 2.56 bits per heavy atom. The molecule has 0 amide bonds. The molecule has 0 fully saturated rings. The van der Waals surface area contributed by atoms with Crippen LogP contribution in [-0.4, -0.2) is 17.1 Å². The van der Waals surface area contributed by atoms with Crippen LogP contribution in [0, 0.1) is 0 Å². The molecule has 0 aliphatic carbocycles. The van der Waals surface area contributed by atoms with Crippen LogP contribution in [0.5, 0.6) is 0 Å². The van der Waals surface area contributed by atoms with Crippen molar-refractivity contribution >= 4 is 5.84 Å². The first-order valence-corrected chi connectivity index (χ1v) is 5.35. The Morgan fingerprint density at radius 2 is 2.06 bits per heavy atom. The van der Waals surface area contributed by atoms with Crippen molar-refractivity contribution in [3.63, 3.8) is 0 Å². The fourth-order valence-corrected chi connectivity index (χ4v) is 1.19. The molecule has 0 aromatic heterocycles. The molecule has 0 radical (unpaired) electrons. The van der Waals surface area contributed by atoms with Gasteiger partial charge >= 0.3 is 0 Å². The molecular formula is C12H18N2O2. The highest BCUT2D eigenvalue weighted by atomic mass is 16.5. The summed E-state index contributed by atoms with van der Waals surface area (Å²) >= 11 is 0. The highest BCUT2D eigenvalue weighted by molar-refractivity contribution is 5.96. The highest BCUT2D eigenvalue weighted by Gasteiger charge is 2.01. The Kier molecular flexibility index (Phi) is 4.79. The number of rotatable bonds is 5. The van der Waals surface area contributed by atoms with Crippen LogP contribution in [-0.2, 0) is 11.3 Å². The molecule has 0 spiro atoms. The van der Waals surface area contributed by atoms with E-state index in [1.165, 1.54) is 0 Å². The van der Waals surface area contributed by atoms with Crippen molar-refractivity contribution in [1.82, 2.24) is 0 Å². The van der Waals surface area contributed by atoms with E-state index in [0.717, 1.165) is 12.0 Å². The van der Waals surface area contributed by atoms with E-state index < -0.39 is 0 Å². The number of oxime groups is 1. The van der Waals surface area contributed by atoms with Gasteiger partial charge in [0.15, 0.2) is 5.84 Å². The van der Waals surface area contributed by atoms with E-state index in [2.05, 4.69) is 12.1 Å². The average Bonchev–Trinajstić information content (AvgIpc) is 2.35. The molecule has 4 heteroatoms. The summed E-state index contributed by atoms with van der Waals surface area (Å²) in [5, 5.41) is 11.4. The van der Waals surface area contributed by atoms with Crippen molar-refractivity contribution in [2.24, 2.45) is 10.9 Å². The van der Waals surface area contributed by atoms with Gasteiger partial charge in [-0.2, -0.15) is 0 Å². The van der Waals surface area contributed by atoms with Crippen molar-refractivity contribution in [2.75, 3.05) is 0 Å². The predicted molar refractivity (Wildman–Crippen MR) is 63.5 cm³/mol. The van der Waals surface area contributed by atoms with E-state index in [1.54, 1.807) is 0 Å². The van der Waals surface area contributed by atoms with Crippen LogP contribution in [0.2, 0.25) is 0 Å². The monoisotopic (exact) mass is 222 g/mol. The van der Waals surface area contributed by atoms with Gasteiger partial charge in [0.1, 0.15) is 0 Å². The van der Waals surface area contributed by atoms with E-state index in [-0.39, 0.29) is 11.9 Å². The quantitative estimate of drug-likeness (QED) is 0.347. The lowest BCUT2D eigenvalue weighted by Crippen LogP contribution is -2.13. The summed E-state index contributed by atoms with van der Waals surface area (Å²) in [5.41, 5.74) is 7.24. The zero-order valence-corrected chi connectivity index (χ0v) is 9.68. The SMILES string of the molecule is CCC(C)OCc1ccc(C(N)=NO)cc1. The molecule has 1 aromatic carbocycles. The highest BCUT2D eigenvalue weighted by Crippen LogP contribution is 2.08. The molecular weight excluding hydrogens is 204 g/mol. The molecule has 3 N–H and O–H groups in total. The second-order valence-corrected chi connectivity index (χ2v) is 3.71. The molecule has 4 nitrogen and oxygen atoms in total.